The van der Waals surface area contributed by atoms with Crippen molar-refractivity contribution in [3.63, 3.8) is 0 Å². The first-order valence-corrected chi connectivity index (χ1v) is 7.31. The first kappa shape index (κ1) is 16.9. The lowest BCUT2D eigenvalue weighted by atomic mass is 9.88. The molecule has 0 radical (unpaired) electrons. The summed E-state index contributed by atoms with van der Waals surface area (Å²) in [5.41, 5.74) is 5.09. The number of carbonyl (C=O) groups is 2. The maximum Gasteiger partial charge on any atom is 0.240 e. The molecule has 1 aliphatic heterocycles. The van der Waals surface area contributed by atoms with Crippen LogP contribution in [0.25, 0.3) is 0 Å². The zero-order valence-electron chi connectivity index (χ0n) is 12.7. The van der Waals surface area contributed by atoms with E-state index in [1.807, 2.05) is 0 Å². The van der Waals surface area contributed by atoms with E-state index in [-0.39, 0.29) is 17.8 Å². The van der Waals surface area contributed by atoms with E-state index in [2.05, 4.69) is 0 Å². The van der Waals surface area contributed by atoms with Crippen LogP contribution in [0.1, 0.15) is 11.5 Å². The lowest BCUT2D eigenvalue weighted by Gasteiger charge is -2.17. The van der Waals surface area contributed by atoms with E-state index in [0.717, 1.165) is 23.1 Å². The summed E-state index contributed by atoms with van der Waals surface area (Å²) >= 11 is 0. The second kappa shape index (κ2) is 6.19. The molecule has 0 bridgehead atoms. The fourth-order valence-electron chi connectivity index (χ4n) is 3.01. The van der Waals surface area contributed by atoms with Crippen molar-refractivity contribution < 1.29 is 27.2 Å². The lowest BCUT2D eigenvalue weighted by Crippen LogP contribution is -2.34. The lowest BCUT2D eigenvalue weighted by molar-refractivity contribution is -0.130. The number of rotatable bonds is 3. The molecule has 2 amide bonds. The topological polar surface area (TPSA) is 63.4 Å². The Kier molecular flexibility index (Phi) is 4.20. The van der Waals surface area contributed by atoms with Crippen molar-refractivity contribution in [2.24, 2.45) is 11.7 Å². The van der Waals surface area contributed by atoms with Gasteiger partial charge in [0.25, 0.3) is 0 Å². The Labute approximate surface area is 139 Å². The molecule has 3 rings (SSSR count). The maximum absolute atomic E-state index is 14.0. The van der Waals surface area contributed by atoms with Gasteiger partial charge >= 0.3 is 0 Å². The fourth-order valence-corrected chi connectivity index (χ4v) is 3.01. The van der Waals surface area contributed by atoms with Gasteiger partial charge in [0, 0.05) is 12.5 Å². The number of primary amides is 1. The number of anilines is 1. The molecule has 2 N–H and O–H groups in total. The Balaban J connectivity index is 2.05. The van der Waals surface area contributed by atoms with Crippen LogP contribution in [-0.2, 0) is 9.59 Å². The number of benzene rings is 2. The van der Waals surface area contributed by atoms with E-state index < -0.39 is 46.9 Å². The van der Waals surface area contributed by atoms with Gasteiger partial charge in [0.1, 0.15) is 5.92 Å². The summed E-state index contributed by atoms with van der Waals surface area (Å²) in [5, 5.41) is 0. The van der Waals surface area contributed by atoms with Gasteiger partial charge in [-0.1, -0.05) is 12.1 Å². The van der Waals surface area contributed by atoms with E-state index in [1.54, 1.807) is 0 Å². The van der Waals surface area contributed by atoms with Crippen molar-refractivity contribution in [3.8, 4) is 0 Å². The minimum Gasteiger partial charge on any atom is -0.369 e. The molecule has 0 aromatic heterocycles. The van der Waals surface area contributed by atoms with Crippen LogP contribution in [0.5, 0.6) is 0 Å². The van der Waals surface area contributed by atoms with Crippen molar-refractivity contribution in [1.29, 1.82) is 0 Å². The normalized spacial score (nSPS) is 20.2. The average molecular weight is 352 g/mol. The van der Waals surface area contributed by atoms with Gasteiger partial charge in [-0.2, -0.15) is 0 Å². The number of hydrogen-bond acceptors (Lipinski definition) is 2. The molecule has 1 fully saturated rings. The molecule has 1 aliphatic rings. The quantitative estimate of drug-likeness (QED) is 0.681. The Hall–Kier alpha value is -2.90. The molecular formula is C17H12F4N2O2. The third-order valence-electron chi connectivity index (χ3n) is 4.21. The fraction of sp³-hybridized carbons (Fsp3) is 0.176. The molecule has 1 saturated heterocycles. The van der Waals surface area contributed by atoms with Crippen molar-refractivity contribution in [1.82, 2.24) is 0 Å². The van der Waals surface area contributed by atoms with Crippen LogP contribution in [0, 0.1) is 29.2 Å². The van der Waals surface area contributed by atoms with Crippen LogP contribution in [0.4, 0.5) is 23.2 Å². The Morgan fingerprint density at radius 1 is 1.04 bits per heavy atom. The molecule has 8 heteroatoms. The van der Waals surface area contributed by atoms with E-state index in [0.29, 0.717) is 0 Å². The highest BCUT2D eigenvalue weighted by Gasteiger charge is 2.46. The Morgan fingerprint density at radius 2 is 1.76 bits per heavy atom. The Bertz CT molecular complexity index is 872. The SMILES string of the molecule is NC(=O)C1C(=O)N(c2cccc(F)c2F)CC1c1ccc(F)c(F)c1. The summed E-state index contributed by atoms with van der Waals surface area (Å²) in [6.45, 7) is -0.224. The maximum atomic E-state index is 14.0. The molecule has 0 aliphatic carbocycles. The minimum absolute atomic E-state index is 0.162. The van der Waals surface area contributed by atoms with Crippen LogP contribution < -0.4 is 10.6 Å². The van der Waals surface area contributed by atoms with Crippen LogP contribution in [0.15, 0.2) is 36.4 Å². The molecule has 25 heavy (non-hydrogen) atoms. The van der Waals surface area contributed by atoms with Gasteiger partial charge in [-0.15, -0.1) is 0 Å². The summed E-state index contributed by atoms with van der Waals surface area (Å²) in [6, 6.07) is 6.22. The molecule has 1 heterocycles. The van der Waals surface area contributed by atoms with Gasteiger partial charge in [-0.25, -0.2) is 17.6 Å². The summed E-state index contributed by atoms with van der Waals surface area (Å²) in [4.78, 5) is 25.1. The highest BCUT2D eigenvalue weighted by molar-refractivity contribution is 6.10. The third kappa shape index (κ3) is 2.84. The van der Waals surface area contributed by atoms with E-state index in [4.69, 9.17) is 5.73 Å². The molecule has 2 atom stereocenters. The van der Waals surface area contributed by atoms with Gasteiger partial charge < -0.3 is 10.6 Å². The molecule has 0 saturated carbocycles. The highest BCUT2D eigenvalue weighted by atomic mass is 19.2. The number of halogens is 4. The zero-order valence-corrected chi connectivity index (χ0v) is 12.7. The van der Waals surface area contributed by atoms with Gasteiger partial charge in [-0.05, 0) is 29.8 Å². The first-order valence-electron chi connectivity index (χ1n) is 7.31. The molecule has 130 valence electrons. The number of amides is 2. The van der Waals surface area contributed by atoms with Crippen molar-refractivity contribution in [2.75, 3.05) is 11.4 Å². The van der Waals surface area contributed by atoms with E-state index in [9.17, 15) is 27.2 Å². The summed E-state index contributed by atoms with van der Waals surface area (Å²) < 4.78 is 54.1. The second-order valence-electron chi connectivity index (χ2n) is 5.68. The zero-order chi connectivity index (χ0) is 18.3. The van der Waals surface area contributed by atoms with Gasteiger partial charge in [0.15, 0.2) is 23.3 Å². The molecule has 2 aromatic rings. The summed E-state index contributed by atoms with van der Waals surface area (Å²) in [7, 11) is 0. The largest absolute Gasteiger partial charge is 0.369 e. The van der Waals surface area contributed by atoms with Gasteiger partial charge in [0.2, 0.25) is 11.8 Å². The van der Waals surface area contributed by atoms with Gasteiger partial charge in [0.05, 0.1) is 5.69 Å². The summed E-state index contributed by atoms with van der Waals surface area (Å²) in [6.07, 6.45) is 0. The van der Waals surface area contributed by atoms with Crippen LogP contribution in [-0.4, -0.2) is 18.4 Å². The van der Waals surface area contributed by atoms with Crippen LogP contribution >= 0.6 is 0 Å². The smallest absolute Gasteiger partial charge is 0.240 e. The number of nitrogens with two attached hydrogens (primary N) is 1. The number of nitrogens with zero attached hydrogens (tertiary/aromatic N) is 1. The molecular weight excluding hydrogens is 340 g/mol. The highest BCUT2D eigenvalue weighted by Crippen LogP contribution is 2.38. The van der Waals surface area contributed by atoms with Crippen molar-refractivity contribution >= 4 is 17.5 Å². The number of carbonyl (C=O) groups excluding carboxylic acids is 2. The molecule has 2 unspecified atom stereocenters. The minimum atomic E-state index is -1.40. The van der Waals surface area contributed by atoms with Gasteiger partial charge in [-0.3, -0.25) is 9.59 Å². The van der Waals surface area contributed by atoms with E-state index >= 15 is 0 Å². The molecule has 0 spiro atoms. The van der Waals surface area contributed by atoms with Crippen molar-refractivity contribution in [2.45, 2.75) is 5.92 Å². The van der Waals surface area contributed by atoms with E-state index in [1.165, 1.54) is 18.2 Å². The third-order valence-corrected chi connectivity index (χ3v) is 4.21. The summed E-state index contributed by atoms with van der Waals surface area (Å²) in [5.74, 6) is -8.76. The standard InChI is InChI=1S/C17H12F4N2O2/c18-10-5-4-8(6-12(10)20)9-7-23(17(25)14(9)16(22)24)13-3-1-2-11(19)15(13)21/h1-6,9,14H,7H2,(H2,22,24). The van der Waals surface area contributed by atoms with Crippen LogP contribution in [0.2, 0.25) is 0 Å². The second-order valence-corrected chi connectivity index (χ2v) is 5.68. The number of hydrogen-bond donors (Lipinski definition) is 1. The monoisotopic (exact) mass is 352 g/mol. The predicted molar refractivity (Wildman–Crippen MR) is 80.5 cm³/mol. The van der Waals surface area contributed by atoms with Crippen LogP contribution in [0.3, 0.4) is 0 Å². The average Bonchev–Trinajstić information content (AvgIpc) is 2.90. The van der Waals surface area contributed by atoms with Crippen molar-refractivity contribution in [3.05, 3.63) is 65.2 Å². The Morgan fingerprint density at radius 3 is 2.40 bits per heavy atom. The molecule has 2 aromatic carbocycles. The predicted octanol–water partition coefficient (Wildman–Crippen LogP) is 2.47. The first-order chi connectivity index (χ1) is 11.8. The molecule has 4 nitrogen and oxygen atoms in total.